The van der Waals surface area contributed by atoms with Gasteiger partial charge in [0, 0.05) is 13.1 Å². The lowest BCUT2D eigenvalue weighted by molar-refractivity contribution is -0.139. The minimum absolute atomic E-state index is 0.0346. The molecule has 0 N–H and O–H groups in total. The van der Waals surface area contributed by atoms with Crippen molar-refractivity contribution >= 4 is 5.91 Å². The molecule has 1 amide bonds. The van der Waals surface area contributed by atoms with Crippen LogP contribution >= 0.6 is 0 Å². The number of amides is 1. The second-order valence-corrected chi connectivity index (χ2v) is 5.91. The van der Waals surface area contributed by atoms with Gasteiger partial charge >= 0.3 is 0 Å². The SMILES string of the molecule is CCN(Cc1ccc2c(c1)OCO2)C(=O)C1(C#N)CCCC1. The van der Waals surface area contributed by atoms with Gasteiger partial charge in [-0.3, -0.25) is 4.79 Å². The van der Waals surface area contributed by atoms with Crippen LogP contribution in [0.3, 0.4) is 0 Å². The van der Waals surface area contributed by atoms with Gasteiger partial charge in [0.1, 0.15) is 5.41 Å². The number of nitrogens with zero attached hydrogens (tertiary/aromatic N) is 2. The van der Waals surface area contributed by atoms with E-state index in [4.69, 9.17) is 9.47 Å². The fourth-order valence-corrected chi connectivity index (χ4v) is 3.24. The van der Waals surface area contributed by atoms with Gasteiger partial charge in [-0.25, -0.2) is 0 Å². The number of fused-ring (bicyclic) bond motifs is 1. The maximum atomic E-state index is 12.8. The Kier molecular flexibility index (Phi) is 3.93. The molecule has 2 aliphatic rings. The predicted octanol–water partition coefficient (Wildman–Crippen LogP) is 2.85. The monoisotopic (exact) mass is 300 g/mol. The summed E-state index contributed by atoms with van der Waals surface area (Å²) >= 11 is 0. The van der Waals surface area contributed by atoms with Crippen LogP contribution in [0.1, 0.15) is 38.2 Å². The summed E-state index contributed by atoms with van der Waals surface area (Å²) in [4.78, 5) is 14.6. The first kappa shape index (κ1) is 14.7. The van der Waals surface area contributed by atoms with Gasteiger partial charge in [0.15, 0.2) is 11.5 Å². The summed E-state index contributed by atoms with van der Waals surface area (Å²) in [5, 5.41) is 9.49. The third kappa shape index (κ3) is 2.50. The molecular weight excluding hydrogens is 280 g/mol. The van der Waals surface area contributed by atoms with Gasteiger partial charge in [-0.15, -0.1) is 0 Å². The first-order valence-electron chi connectivity index (χ1n) is 7.78. The van der Waals surface area contributed by atoms with E-state index < -0.39 is 5.41 Å². The van der Waals surface area contributed by atoms with E-state index in [1.807, 2.05) is 25.1 Å². The second kappa shape index (κ2) is 5.88. The Bertz CT molecular complexity index is 615. The van der Waals surface area contributed by atoms with Gasteiger partial charge in [0.05, 0.1) is 6.07 Å². The van der Waals surface area contributed by atoms with Crippen molar-refractivity contribution < 1.29 is 14.3 Å². The molecule has 0 unspecified atom stereocenters. The largest absolute Gasteiger partial charge is 0.454 e. The van der Waals surface area contributed by atoms with E-state index in [0.717, 1.165) is 29.9 Å². The Labute approximate surface area is 130 Å². The van der Waals surface area contributed by atoms with E-state index in [9.17, 15) is 10.1 Å². The van der Waals surface area contributed by atoms with Crippen LogP contribution in [-0.4, -0.2) is 24.1 Å². The van der Waals surface area contributed by atoms with Gasteiger partial charge in [-0.2, -0.15) is 5.26 Å². The minimum atomic E-state index is -0.813. The Morgan fingerprint density at radius 1 is 1.32 bits per heavy atom. The van der Waals surface area contributed by atoms with E-state index in [1.165, 1.54) is 0 Å². The lowest BCUT2D eigenvalue weighted by atomic mass is 9.86. The zero-order valence-electron chi connectivity index (χ0n) is 12.8. The molecular formula is C17H20N2O3. The number of carbonyl (C=O) groups is 1. The summed E-state index contributed by atoms with van der Waals surface area (Å²) in [6.07, 6.45) is 3.28. The zero-order valence-corrected chi connectivity index (χ0v) is 12.8. The van der Waals surface area contributed by atoms with Crippen LogP contribution in [0.25, 0.3) is 0 Å². The van der Waals surface area contributed by atoms with Crippen molar-refractivity contribution in [3.63, 3.8) is 0 Å². The summed E-state index contributed by atoms with van der Waals surface area (Å²) in [5.74, 6) is 1.42. The number of rotatable bonds is 4. The van der Waals surface area contributed by atoms with E-state index in [1.54, 1.807) is 4.90 Å². The Hall–Kier alpha value is -2.22. The number of hydrogen-bond donors (Lipinski definition) is 0. The van der Waals surface area contributed by atoms with Gasteiger partial charge in [-0.05, 0) is 37.5 Å². The molecule has 5 nitrogen and oxygen atoms in total. The molecule has 1 aliphatic heterocycles. The molecule has 0 saturated heterocycles. The maximum absolute atomic E-state index is 12.8. The summed E-state index contributed by atoms with van der Waals surface area (Å²) in [6.45, 7) is 3.28. The topological polar surface area (TPSA) is 62.6 Å². The average Bonchev–Trinajstić information content (AvgIpc) is 3.20. The molecule has 0 spiro atoms. The molecule has 3 rings (SSSR count). The third-order valence-electron chi connectivity index (χ3n) is 4.56. The highest BCUT2D eigenvalue weighted by atomic mass is 16.7. The van der Waals surface area contributed by atoms with Crippen LogP contribution in [0.4, 0.5) is 0 Å². The van der Waals surface area contributed by atoms with Gasteiger partial charge in [-0.1, -0.05) is 18.9 Å². The van der Waals surface area contributed by atoms with Crippen LogP contribution < -0.4 is 9.47 Å². The van der Waals surface area contributed by atoms with Crippen molar-refractivity contribution in [1.82, 2.24) is 4.90 Å². The molecule has 1 saturated carbocycles. The summed E-state index contributed by atoms with van der Waals surface area (Å²) in [7, 11) is 0. The number of carbonyl (C=O) groups excluding carboxylic acids is 1. The molecule has 5 heteroatoms. The van der Waals surface area contributed by atoms with Crippen molar-refractivity contribution in [3.05, 3.63) is 23.8 Å². The van der Waals surface area contributed by atoms with Crippen molar-refractivity contribution in [2.75, 3.05) is 13.3 Å². The molecule has 1 fully saturated rings. The Morgan fingerprint density at radius 3 is 2.73 bits per heavy atom. The summed E-state index contributed by atoms with van der Waals surface area (Å²) in [5.41, 5.74) is 0.178. The standard InChI is InChI=1S/C17H20N2O3/c1-2-19(16(20)17(11-18)7-3-4-8-17)10-13-5-6-14-15(9-13)22-12-21-14/h5-6,9H,2-4,7-8,10,12H2,1H3. The van der Waals surface area contributed by atoms with Gasteiger partial charge in [0.2, 0.25) is 12.7 Å². The van der Waals surface area contributed by atoms with Crippen molar-refractivity contribution in [2.45, 2.75) is 39.2 Å². The Balaban J connectivity index is 1.77. The van der Waals surface area contributed by atoms with E-state index in [0.29, 0.717) is 25.9 Å². The first-order valence-corrected chi connectivity index (χ1v) is 7.78. The fraction of sp³-hybridized carbons (Fsp3) is 0.529. The fourth-order valence-electron chi connectivity index (χ4n) is 3.24. The number of benzene rings is 1. The second-order valence-electron chi connectivity index (χ2n) is 5.91. The van der Waals surface area contributed by atoms with Crippen molar-refractivity contribution in [3.8, 4) is 17.6 Å². The highest BCUT2D eigenvalue weighted by Crippen LogP contribution is 2.39. The van der Waals surface area contributed by atoms with Gasteiger partial charge < -0.3 is 14.4 Å². The number of hydrogen-bond acceptors (Lipinski definition) is 4. The van der Waals surface area contributed by atoms with E-state index in [2.05, 4.69) is 6.07 Å². The highest BCUT2D eigenvalue weighted by Gasteiger charge is 2.43. The molecule has 0 radical (unpaired) electrons. The van der Waals surface area contributed by atoms with E-state index in [-0.39, 0.29) is 12.7 Å². The lowest BCUT2D eigenvalue weighted by Gasteiger charge is -2.29. The molecule has 0 atom stereocenters. The van der Waals surface area contributed by atoms with Crippen LogP contribution in [0.15, 0.2) is 18.2 Å². The molecule has 1 aliphatic carbocycles. The highest BCUT2D eigenvalue weighted by molar-refractivity contribution is 5.85. The normalized spacial score (nSPS) is 18.0. The van der Waals surface area contributed by atoms with Gasteiger partial charge in [0.25, 0.3) is 0 Å². The van der Waals surface area contributed by atoms with E-state index >= 15 is 0 Å². The average molecular weight is 300 g/mol. The smallest absolute Gasteiger partial charge is 0.243 e. The van der Waals surface area contributed by atoms with Crippen molar-refractivity contribution in [2.24, 2.45) is 5.41 Å². The zero-order chi connectivity index (χ0) is 15.6. The Morgan fingerprint density at radius 2 is 2.05 bits per heavy atom. The summed E-state index contributed by atoms with van der Waals surface area (Å²) in [6, 6.07) is 8.00. The van der Waals surface area contributed by atoms with Crippen LogP contribution in [0, 0.1) is 16.7 Å². The molecule has 1 heterocycles. The van der Waals surface area contributed by atoms with Crippen LogP contribution in [0.2, 0.25) is 0 Å². The summed E-state index contributed by atoms with van der Waals surface area (Å²) < 4.78 is 10.7. The lowest BCUT2D eigenvalue weighted by Crippen LogP contribution is -2.41. The number of ether oxygens (including phenoxy) is 2. The predicted molar refractivity (Wildman–Crippen MR) is 80.2 cm³/mol. The molecule has 0 bridgehead atoms. The maximum Gasteiger partial charge on any atom is 0.243 e. The van der Waals surface area contributed by atoms with Crippen LogP contribution in [-0.2, 0) is 11.3 Å². The quantitative estimate of drug-likeness (QED) is 0.857. The van der Waals surface area contributed by atoms with Crippen molar-refractivity contribution in [1.29, 1.82) is 5.26 Å². The molecule has 0 aromatic heterocycles. The van der Waals surface area contributed by atoms with Crippen LogP contribution in [0.5, 0.6) is 11.5 Å². The first-order chi connectivity index (χ1) is 10.7. The molecule has 1 aromatic rings. The molecule has 1 aromatic carbocycles. The number of nitriles is 1. The molecule has 22 heavy (non-hydrogen) atoms. The third-order valence-corrected chi connectivity index (χ3v) is 4.56. The molecule has 116 valence electrons. The minimum Gasteiger partial charge on any atom is -0.454 e.